The summed E-state index contributed by atoms with van der Waals surface area (Å²) >= 11 is 0. The monoisotopic (exact) mass is 245 g/mol. The highest BCUT2D eigenvalue weighted by molar-refractivity contribution is 5.91. The summed E-state index contributed by atoms with van der Waals surface area (Å²) in [5.41, 5.74) is 0.300. The fourth-order valence-electron chi connectivity index (χ4n) is 1.34. The van der Waals surface area contributed by atoms with E-state index >= 15 is 0 Å². The molecule has 5 heteroatoms. The van der Waals surface area contributed by atoms with Gasteiger partial charge in [0.25, 0.3) is 0 Å². The average Bonchev–Trinajstić information content (AvgIpc) is 2.38. The van der Waals surface area contributed by atoms with Gasteiger partial charge in [-0.25, -0.2) is 4.79 Å². The van der Waals surface area contributed by atoms with Crippen LogP contribution in [-0.2, 0) is 0 Å². The second-order valence-corrected chi connectivity index (χ2v) is 3.19. The van der Waals surface area contributed by atoms with Crippen LogP contribution in [0.2, 0.25) is 0 Å². The quantitative estimate of drug-likeness (QED) is 0.819. The molecule has 0 aliphatic rings. The number of hydrogen-bond donors (Lipinski definition) is 1. The molecule has 1 aromatic rings. The van der Waals surface area contributed by atoms with Gasteiger partial charge in [0.1, 0.15) is 0 Å². The Bertz CT molecular complexity index is 561. The largest absolute Gasteiger partial charge is 0.493 e. The Balaban J connectivity index is 3.36. The molecule has 1 N–H and O–H groups in total. The third-order valence-electron chi connectivity index (χ3n) is 2.14. The van der Waals surface area contributed by atoms with Crippen molar-refractivity contribution in [2.75, 3.05) is 14.2 Å². The number of nitriles is 1. The molecule has 0 atom stereocenters. The summed E-state index contributed by atoms with van der Waals surface area (Å²) in [7, 11) is 2.87. The molecule has 0 aromatic heterocycles. The number of hydrogen-bond acceptors (Lipinski definition) is 4. The molecule has 0 amide bonds. The molecule has 0 bridgehead atoms. The zero-order valence-electron chi connectivity index (χ0n) is 9.98. The predicted octanol–water partition coefficient (Wildman–Crippen LogP) is 1.67. The molecule has 0 fully saturated rings. The van der Waals surface area contributed by atoms with E-state index in [2.05, 4.69) is 11.8 Å². The van der Waals surface area contributed by atoms with Gasteiger partial charge in [-0.3, -0.25) is 0 Å². The van der Waals surface area contributed by atoms with E-state index in [0.29, 0.717) is 11.5 Å². The van der Waals surface area contributed by atoms with Crippen molar-refractivity contribution in [2.24, 2.45) is 0 Å². The topological polar surface area (TPSA) is 79.5 Å². The van der Waals surface area contributed by atoms with Crippen molar-refractivity contribution in [3.8, 4) is 29.4 Å². The smallest absolute Gasteiger partial charge is 0.337 e. The van der Waals surface area contributed by atoms with Crippen LogP contribution in [0.4, 0.5) is 0 Å². The number of nitrogens with zero attached hydrogens (tertiary/aromatic N) is 1. The van der Waals surface area contributed by atoms with Crippen LogP contribution in [0, 0.1) is 23.2 Å². The Kier molecular flexibility index (Phi) is 4.59. The van der Waals surface area contributed by atoms with E-state index in [1.54, 1.807) is 0 Å². The fraction of sp³-hybridized carbons (Fsp3) is 0.231. The predicted molar refractivity (Wildman–Crippen MR) is 63.6 cm³/mol. The molecule has 0 radical (unpaired) electrons. The molecule has 5 nitrogen and oxygen atoms in total. The molecule has 0 spiro atoms. The number of carboxylic acid groups (broad SMARTS) is 1. The van der Waals surface area contributed by atoms with Gasteiger partial charge in [-0.15, -0.1) is 0 Å². The zero-order chi connectivity index (χ0) is 13.5. The molecular formula is C13H11NO4. The Morgan fingerprint density at radius 3 is 2.44 bits per heavy atom. The molecule has 18 heavy (non-hydrogen) atoms. The number of carboxylic acids is 1. The summed E-state index contributed by atoms with van der Waals surface area (Å²) in [5, 5.41) is 17.5. The lowest BCUT2D eigenvalue weighted by atomic mass is 10.1. The Hall–Kier alpha value is -2.66. The van der Waals surface area contributed by atoms with Gasteiger partial charge in [-0.1, -0.05) is 11.8 Å². The van der Waals surface area contributed by atoms with Crippen molar-refractivity contribution in [3.05, 3.63) is 23.3 Å². The maximum atomic E-state index is 11.1. The van der Waals surface area contributed by atoms with E-state index in [1.165, 1.54) is 26.4 Å². The van der Waals surface area contributed by atoms with E-state index in [9.17, 15) is 4.79 Å². The first kappa shape index (κ1) is 13.4. The third kappa shape index (κ3) is 2.93. The summed E-state index contributed by atoms with van der Waals surface area (Å²) in [5.74, 6) is 4.80. The first-order valence-corrected chi connectivity index (χ1v) is 4.99. The number of aromatic carboxylic acids is 1. The van der Waals surface area contributed by atoms with Crippen molar-refractivity contribution < 1.29 is 19.4 Å². The number of methoxy groups -OCH3 is 2. The Labute approximate surface area is 105 Å². The normalized spacial score (nSPS) is 8.72. The van der Waals surface area contributed by atoms with Gasteiger partial charge in [-0.05, 0) is 6.07 Å². The number of benzene rings is 1. The number of ether oxygens (including phenoxy) is 2. The van der Waals surface area contributed by atoms with Gasteiger partial charge >= 0.3 is 5.97 Å². The molecule has 92 valence electrons. The van der Waals surface area contributed by atoms with E-state index in [4.69, 9.17) is 19.8 Å². The first-order valence-electron chi connectivity index (χ1n) is 4.99. The van der Waals surface area contributed by atoms with Gasteiger partial charge in [0, 0.05) is 11.6 Å². The van der Waals surface area contributed by atoms with Crippen LogP contribution in [0.1, 0.15) is 22.3 Å². The van der Waals surface area contributed by atoms with E-state index in [-0.39, 0.29) is 17.5 Å². The van der Waals surface area contributed by atoms with Crippen molar-refractivity contribution in [3.63, 3.8) is 0 Å². The van der Waals surface area contributed by atoms with Gasteiger partial charge in [0.2, 0.25) is 0 Å². The highest BCUT2D eigenvalue weighted by Crippen LogP contribution is 2.30. The van der Waals surface area contributed by atoms with Crippen molar-refractivity contribution in [1.29, 1.82) is 5.26 Å². The molecule has 1 aromatic carbocycles. The second-order valence-electron chi connectivity index (χ2n) is 3.19. The van der Waals surface area contributed by atoms with Crippen LogP contribution in [0.5, 0.6) is 11.5 Å². The first-order chi connectivity index (χ1) is 8.63. The maximum absolute atomic E-state index is 11.1. The third-order valence-corrected chi connectivity index (χ3v) is 2.14. The fourth-order valence-corrected chi connectivity index (χ4v) is 1.34. The van der Waals surface area contributed by atoms with Crippen LogP contribution in [0.3, 0.4) is 0 Å². The second kappa shape index (κ2) is 6.17. The molecule has 0 aliphatic heterocycles. The van der Waals surface area contributed by atoms with Crippen molar-refractivity contribution in [1.82, 2.24) is 0 Å². The molecule has 0 heterocycles. The van der Waals surface area contributed by atoms with E-state index in [1.807, 2.05) is 6.07 Å². The maximum Gasteiger partial charge on any atom is 0.337 e. The molecule has 0 aliphatic carbocycles. The van der Waals surface area contributed by atoms with E-state index in [0.717, 1.165) is 0 Å². The van der Waals surface area contributed by atoms with Crippen molar-refractivity contribution >= 4 is 5.97 Å². The van der Waals surface area contributed by atoms with Crippen LogP contribution >= 0.6 is 0 Å². The minimum absolute atomic E-state index is 0.0121. The van der Waals surface area contributed by atoms with Gasteiger partial charge in [-0.2, -0.15) is 5.26 Å². The lowest BCUT2D eigenvalue weighted by Crippen LogP contribution is -2.02. The Morgan fingerprint density at radius 1 is 1.33 bits per heavy atom. The molecule has 1 rings (SSSR count). The van der Waals surface area contributed by atoms with E-state index < -0.39 is 5.97 Å². The zero-order valence-corrected chi connectivity index (χ0v) is 9.98. The average molecular weight is 245 g/mol. The van der Waals surface area contributed by atoms with Crippen LogP contribution < -0.4 is 9.47 Å². The van der Waals surface area contributed by atoms with Gasteiger partial charge in [0.15, 0.2) is 11.5 Å². The van der Waals surface area contributed by atoms with Gasteiger partial charge < -0.3 is 14.6 Å². The highest BCUT2D eigenvalue weighted by Gasteiger charge is 2.14. The summed E-state index contributed by atoms with van der Waals surface area (Å²) in [6.45, 7) is 0. The SMILES string of the molecule is COc1cc(C#CCC#N)c(C(=O)O)cc1OC. The molecule has 0 unspecified atom stereocenters. The standard InChI is InChI=1S/C13H11NO4/c1-17-11-7-9(5-3-4-6-14)10(13(15)16)8-12(11)18-2/h7-8H,4H2,1-2H3,(H,15,16). The van der Waals surface area contributed by atoms with Crippen LogP contribution in [0.15, 0.2) is 12.1 Å². The van der Waals surface area contributed by atoms with Crippen LogP contribution in [-0.4, -0.2) is 25.3 Å². The Morgan fingerprint density at radius 2 is 1.94 bits per heavy atom. The molecule has 0 saturated carbocycles. The summed E-state index contributed by atoms with van der Waals surface area (Å²) < 4.78 is 10.1. The summed E-state index contributed by atoms with van der Waals surface area (Å²) in [6.07, 6.45) is 0.0351. The van der Waals surface area contributed by atoms with Crippen molar-refractivity contribution in [2.45, 2.75) is 6.42 Å². The summed E-state index contributed by atoms with van der Waals surface area (Å²) in [6, 6.07) is 4.68. The van der Waals surface area contributed by atoms with Crippen LogP contribution in [0.25, 0.3) is 0 Å². The number of rotatable bonds is 3. The minimum atomic E-state index is -1.11. The molecule has 0 saturated heterocycles. The number of carbonyl (C=O) groups is 1. The molecular weight excluding hydrogens is 234 g/mol. The highest BCUT2D eigenvalue weighted by atomic mass is 16.5. The lowest BCUT2D eigenvalue weighted by molar-refractivity contribution is 0.0696. The van der Waals surface area contributed by atoms with Gasteiger partial charge in [0.05, 0.1) is 32.3 Å². The lowest BCUT2D eigenvalue weighted by Gasteiger charge is -2.09. The minimum Gasteiger partial charge on any atom is -0.493 e. The summed E-state index contributed by atoms with van der Waals surface area (Å²) in [4.78, 5) is 11.1.